The van der Waals surface area contributed by atoms with E-state index in [4.69, 9.17) is 0 Å². The number of rotatable bonds is 5. The molecule has 0 aliphatic carbocycles. The molecule has 16 heavy (non-hydrogen) atoms. The van der Waals surface area contributed by atoms with Crippen molar-refractivity contribution < 1.29 is 0 Å². The molecule has 0 spiro atoms. The van der Waals surface area contributed by atoms with Crippen molar-refractivity contribution in [3.05, 3.63) is 0 Å². The van der Waals surface area contributed by atoms with Crippen LogP contribution in [0.2, 0.25) is 0 Å². The highest BCUT2D eigenvalue weighted by Gasteiger charge is 1.81. The lowest BCUT2D eigenvalue weighted by atomic mass is 10.5. The molecular weight excluding hydrogens is 196 g/mol. The topological polar surface area (TPSA) is 24.1 Å². The number of hydrogen-bond acceptors (Lipinski definition) is 2. The Bertz CT molecular complexity index is 405. The molecule has 0 heterocycles. The van der Waals surface area contributed by atoms with E-state index in [1.165, 1.54) is 0 Å². The summed E-state index contributed by atoms with van der Waals surface area (Å²) in [5.74, 6) is 21.3. The van der Waals surface area contributed by atoms with Crippen molar-refractivity contribution in [1.82, 2.24) is 10.6 Å². The third-order valence-corrected chi connectivity index (χ3v) is 1.47. The fraction of sp³-hybridized carbons (Fsp3) is 0.429. The molecule has 0 rings (SSSR count). The SMILES string of the molecule is CC#CC#CC#CC#CCNCCNCC. The van der Waals surface area contributed by atoms with Crippen LogP contribution in [0.3, 0.4) is 0 Å². The molecule has 0 unspecified atom stereocenters. The van der Waals surface area contributed by atoms with Gasteiger partial charge in [-0.25, -0.2) is 0 Å². The van der Waals surface area contributed by atoms with Gasteiger partial charge in [-0.15, -0.1) is 0 Å². The lowest BCUT2D eigenvalue weighted by Crippen LogP contribution is -2.27. The Morgan fingerprint density at radius 1 is 0.812 bits per heavy atom. The summed E-state index contributed by atoms with van der Waals surface area (Å²) in [7, 11) is 0. The van der Waals surface area contributed by atoms with Gasteiger partial charge in [-0.2, -0.15) is 0 Å². The Morgan fingerprint density at radius 2 is 1.44 bits per heavy atom. The van der Waals surface area contributed by atoms with Gasteiger partial charge in [-0.3, -0.25) is 0 Å². The maximum Gasteiger partial charge on any atom is 0.0587 e. The minimum absolute atomic E-state index is 0.655. The molecule has 0 aromatic heterocycles. The molecule has 82 valence electrons. The smallest absolute Gasteiger partial charge is 0.0587 e. The summed E-state index contributed by atoms with van der Waals surface area (Å²) < 4.78 is 0. The van der Waals surface area contributed by atoms with Crippen LogP contribution in [0.25, 0.3) is 0 Å². The van der Waals surface area contributed by atoms with Crippen LogP contribution in [-0.2, 0) is 0 Å². The Labute approximate surface area is 98.6 Å². The van der Waals surface area contributed by atoms with E-state index in [-0.39, 0.29) is 0 Å². The van der Waals surface area contributed by atoms with Gasteiger partial charge in [0.2, 0.25) is 0 Å². The first kappa shape index (κ1) is 14.2. The zero-order valence-electron chi connectivity index (χ0n) is 9.83. The number of likely N-dealkylation sites (N-methyl/N-ethyl adjacent to an activating group) is 1. The summed E-state index contributed by atoms with van der Waals surface area (Å²) in [5.41, 5.74) is 0. The second-order valence-corrected chi connectivity index (χ2v) is 2.71. The van der Waals surface area contributed by atoms with Crippen LogP contribution in [-0.4, -0.2) is 26.2 Å². The Morgan fingerprint density at radius 3 is 2.12 bits per heavy atom. The van der Waals surface area contributed by atoms with Crippen molar-refractivity contribution in [1.29, 1.82) is 0 Å². The highest BCUT2D eigenvalue weighted by atomic mass is 14.9. The minimum atomic E-state index is 0.655. The van der Waals surface area contributed by atoms with E-state index in [1.807, 2.05) is 0 Å². The van der Waals surface area contributed by atoms with Gasteiger partial charge in [0.15, 0.2) is 0 Å². The average Bonchev–Trinajstić information content (AvgIpc) is 2.31. The van der Waals surface area contributed by atoms with Gasteiger partial charge < -0.3 is 10.6 Å². The van der Waals surface area contributed by atoms with E-state index in [2.05, 4.69) is 64.9 Å². The number of nitrogens with one attached hydrogen (secondary N) is 2. The summed E-state index contributed by atoms with van der Waals surface area (Å²) in [6.07, 6.45) is 0. The Balaban J connectivity index is 3.54. The fourth-order valence-electron chi connectivity index (χ4n) is 0.780. The standard InChI is InChI=1S/C14H16N2/c1-3-5-6-7-8-9-10-11-12-16-14-13-15-4-2/h15-16H,4,12-14H2,1-2H3. The molecule has 0 bridgehead atoms. The van der Waals surface area contributed by atoms with Crippen LogP contribution in [0.15, 0.2) is 0 Å². The highest BCUT2D eigenvalue weighted by molar-refractivity contribution is 5.39. The van der Waals surface area contributed by atoms with Gasteiger partial charge >= 0.3 is 0 Å². The van der Waals surface area contributed by atoms with E-state index < -0.39 is 0 Å². The van der Waals surface area contributed by atoms with Crippen molar-refractivity contribution in [2.24, 2.45) is 0 Å². The van der Waals surface area contributed by atoms with Crippen LogP contribution in [0, 0.1) is 47.4 Å². The second-order valence-electron chi connectivity index (χ2n) is 2.71. The Hall–Kier alpha value is -1.84. The molecule has 0 aromatic rings. The number of hydrogen-bond donors (Lipinski definition) is 2. The molecule has 2 heteroatoms. The van der Waals surface area contributed by atoms with Crippen LogP contribution in [0.5, 0.6) is 0 Å². The molecule has 0 saturated carbocycles. The van der Waals surface area contributed by atoms with Crippen molar-refractivity contribution in [2.75, 3.05) is 26.2 Å². The largest absolute Gasteiger partial charge is 0.316 e. The fourth-order valence-corrected chi connectivity index (χ4v) is 0.780. The van der Waals surface area contributed by atoms with Gasteiger partial charge in [-0.1, -0.05) is 18.8 Å². The van der Waals surface area contributed by atoms with Crippen molar-refractivity contribution in [3.63, 3.8) is 0 Å². The van der Waals surface area contributed by atoms with Crippen molar-refractivity contribution in [2.45, 2.75) is 13.8 Å². The molecule has 0 fully saturated rings. The zero-order chi connectivity index (χ0) is 11.9. The summed E-state index contributed by atoms with van der Waals surface area (Å²) in [6, 6.07) is 0. The molecule has 2 nitrogen and oxygen atoms in total. The van der Waals surface area contributed by atoms with Gasteiger partial charge in [0.05, 0.1) is 6.54 Å². The van der Waals surface area contributed by atoms with Crippen LogP contribution in [0.1, 0.15) is 13.8 Å². The predicted octanol–water partition coefficient (Wildman–Crippen LogP) is 0.219. The first-order valence-electron chi connectivity index (χ1n) is 5.22. The predicted molar refractivity (Wildman–Crippen MR) is 68.2 cm³/mol. The van der Waals surface area contributed by atoms with Crippen molar-refractivity contribution in [3.8, 4) is 47.4 Å². The third-order valence-electron chi connectivity index (χ3n) is 1.47. The summed E-state index contributed by atoms with van der Waals surface area (Å²) in [6.45, 7) is 7.35. The normalized spacial score (nSPS) is 6.88. The zero-order valence-corrected chi connectivity index (χ0v) is 9.83. The minimum Gasteiger partial charge on any atom is -0.316 e. The monoisotopic (exact) mass is 212 g/mol. The van der Waals surface area contributed by atoms with Crippen LogP contribution < -0.4 is 10.6 Å². The Kier molecular flexibility index (Phi) is 11.6. The highest BCUT2D eigenvalue weighted by Crippen LogP contribution is 1.60. The van der Waals surface area contributed by atoms with Crippen LogP contribution >= 0.6 is 0 Å². The lowest BCUT2D eigenvalue weighted by Gasteiger charge is -1.99. The molecule has 0 atom stereocenters. The van der Waals surface area contributed by atoms with E-state index in [0.717, 1.165) is 19.6 Å². The molecule has 0 saturated heterocycles. The summed E-state index contributed by atoms with van der Waals surface area (Å²) in [4.78, 5) is 0. The maximum absolute atomic E-state index is 3.21. The summed E-state index contributed by atoms with van der Waals surface area (Å²) in [5, 5.41) is 6.38. The second kappa shape index (κ2) is 13.2. The van der Waals surface area contributed by atoms with Gasteiger partial charge in [-0.05, 0) is 49.0 Å². The van der Waals surface area contributed by atoms with E-state index in [1.54, 1.807) is 6.92 Å². The van der Waals surface area contributed by atoms with Gasteiger partial charge in [0.25, 0.3) is 0 Å². The van der Waals surface area contributed by atoms with E-state index >= 15 is 0 Å². The quantitative estimate of drug-likeness (QED) is 0.503. The van der Waals surface area contributed by atoms with Gasteiger partial charge in [0, 0.05) is 13.1 Å². The first-order chi connectivity index (χ1) is 7.91. The third kappa shape index (κ3) is 12.2. The van der Waals surface area contributed by atoms with E-state index in [0.29, 0.717) is 6.54 Å². The molecule has 0 aliphatic rings. The average molecular weight is 212 g/mol. The summed E-state index contributed by atoms with van der Waals surface area (Å²) >= 11 is 0. The molecular formula is C14H16N2. The molecule has 0 aliphatic heterocycles. The molecule has 0 amide bonds. The first-order valence-corrected chi connectivity index (χ1v) is 5.22. The van der Waals surface area contributed by atoms with E-state index in [9.17, 15) is 0 Å². The van der Waals surface area contributed by atoms with Crippen molar-refractivity contribution >= 4 is 0 Å². The molecule has 2 N–H and O–H groups in total. The van der Waals surface area contributed by atoms with Crippen LogP contribution in [0.4, 0.5) is 0 Å². The molecule has 0 radical (unpaired) electrons. The maximum atomic E-state index is 3.21. The lowest BCUT2D eigenvalue weighted by molar-refractivity contribution is 0.657. The molecule has 0 aromatic carbocycles. The van der Waals surface area contributed by atoms with Gasteiger partial charge in [0.1, 0.15) is 0 Å².